The number of anilines is 2. The van der Waals surface area contributed by atoms with Crippen LogP contribution in [0.1, 0.15) is 18.4 Å². The highest BCUT2D eigenvalue weighted by molar-refractivity contribution is 7.99. The lowest BCUT2D eigenvalue weighted by molar-refractivity contribution is -0.116. The third kappa shape index (κ3) is 5.16. The predicted octanol–water partition coefficient (Wildman–Crippen LogP) is 4.09. The summed E-state index contributed by atoms with van der Waals surface area (Å²) < 4.78 is 0. The van der Waals surface area contributed by atoms with Crippen molar-refractivity contribution in [3.63, 3.8) is 0 Å². The first-order chi connectivity index (χ1) is 10.1. The Kier molecular flexibility index (Phi) is 5.69. The van der Waals surface area contributed by atoms with Crippen molar-refractivity contribution in [3.05, 3.63) is 54.1 Å². The Hall–Kier alpha value is -1.94. The number of rotatable bonds is 6. The molecule has 3 nitrogen and oxygen atoms in total. The number of thioether (sulfide) groups is 1. The van der Waals surface area contributed by atoms with E-state index in [9.17, 15) is 4.79 Å². The van der Waals surface area contributed by atoms with Crippen molar-refractivity contribution in [2.24, 2.45) is 0 Å². The topological polar surface area (TPSA) is 55.1 Å². The Bertz CT molecular complexity index is 599. The van der Waals surface area contributed by atoms with Crippen molar-refractivity contribution in [2.75, 3.05) is 16.8 Å². The van der Waals surface area contributed by atoms with Crippen LogP contribution in [0.15, 0.2) is 53.4 Å². The van der Waals surface area contributed by atoms with Gasteiger partial charge in [-0.15, -0.1) is 11.8 Å². The fraction of sp³-hybridized carbons (Fsp3) is 0.235. The lowest BCUT2D eigenvalue weighted by Crippen LogP contribution is -2.12. The first-order valence-electron chi connectivity index (χ1n) is 6.99. The molecule has 0 saturated heterocycles. The van der Waals surface area contributed by atoms with E-state index in [1.165, 1.54) is 4.90 Å². The standard InChI is InChI=1S/C17H20N2OS/c1-13-9-10-14(18)12-16(13)19-17(20)8-5-11-21-15-6-3-2-4-7-15/h2-4,6-7,9-10,12H,5,8,11,18H2,1H3,(H,19,20). The summed E-state index contributed by atoms with van der Waals surface area (Å²) in [6.45, 7) is 1.96. The van der Waals surface area contributed by atoms with Crippen molar-refractivity contribution in [3.8, 4) is 0 Å². The number of carbonyl (C=O) groups excluding carboxylic acids is 1. The summed E-state index contributed by atoms with van der Waals surface area (Å²) >= 11 is 1.77. The maximum Gasteiger partial charge on any atom is 0.224 e. The van der Waals surface area contributed by atoms with Crippen molar-refractivity contribution >= 4 is 29.0 Å². The number of nitrogen functional groups attached to an aromatic ring is 1. The molecule has 0 unspecified atom stereocenters. The molecule has 2 aromatic carbocycles. The number of nitrogens with one attached hydrogen (secondary N) is 1. The van der Waals surface area contributed by atoms with Crippen molar-refractivity contribution in [2.45, 2.75) is 24.7 Å². The number of carbonyl (C=O) groups is 1. The van der Waals surface area contributed by atoms with Gasteiger partial charge in [-0.3, -0.25) is 4.79 Å². The van der Waals surface area contributed by atoms with E-state index >= 15 is 0 Å². The van der Waals surface area contributed by atoms with Crippen LogP contribution in [0, 0.1) is 6.92 Å². The third-order valence-electron chi connectivity index (χ3n) is 3.10. The molecule has 0 saturated carbocycles. The van der Waals surface area contributed by atoms with Gasteiger partial charge in [0.05, 0.1) is 0 Å². The zero-order valence-electron chi connectivity index (χ0n) is 12.1. The van der Waals surface area contributed by atoms with E-state index in [0.717, 1.165) is 23.4 Å². The molecule has 0 spiro atoms. The van der Waals surface area contributed by atoms with Crippen LogP contribution in [-0.2, 0) is 4.79 Å². The van der Waals surface area contributed by atoms with Crippen molar-refractivity contribution in [1.82, 2.24) is 0 Å². The summed E-state index contributed by atoms with van der Waals surface area (Å²) in [5.74, 6) is 0.977. The van der Waals surface area contributed by atoms with E-state index in [1.807, 2.05) is 37.3 Å². The van der Waals surface area contributed by atoms with Crippen LogP contribution < -0.4 is 11.1 Å². The zero-order chi connectivity index (χ0) is 15.1. The maximum atomic E-state index is 11.9. The highest BCUT2D eigenvalue weighted by Crippen LogP contribution is 2.20. The molecule has 0 heterocycles. The molecule has 3 N–H and O–H groups in total. The SMILES string of the molecule is Cc1ccc(N)cc1NC(=O)CCCSc1ccccc1. The summed E-state index contributed by atoms with van der Waals surface area (Å²) in [5.41, 5.74) is 8.22. The van der Waals surface area contributed by atoms with Gasteiger partial charge >= 0.3 is 0 Å². The summed E-state index contributed by atoms with van der Waals surface area (Å²) in [7, 11) is 0. The highest BCUT2D eigenvalue weighted by Gasteiger charge is 2.05. The lowest BCUT2D eigenvalue weighted by Gasteiger charge is -2.09. The minimum absolute atomic E-state index is 0.0392. The fourth-order valence-electron chi connectivity index (χ4n) is 1.93. The van der Waals surface area contributed by atoms with Gasteiger partial charge in [0.25, 0.3) is 0 Å². The second kappa shape index (κ2) is 7.74. The fourth-order valence-corrected chi connectivity index (χ4v) is 2.80. The Morgan fingerprint density at radius 2 is 1.95 bits per heavy atom. The molecule has 0 radical (unpaired) electrons. The molecule has 0 aliphatic rings. The van der Waals surface area contributed by atoms with Gasteiger partial charge in [-0.1, -0.05) is 24.3 Å². The molecule has 0 aliphatic carbocycles. The van der Waals surface area contributed by atoms with E-state index in [4.69, 9.17) is 5.73 Å². The molecule has 1 amide bonds. The molecule has 0 fully saturated rings. The van der Waals surface area contributed by atoms with Gasteiger partial charge in [-0.05, 0) is 48.9 Å². The van der Waals surface area contributed by atoms with Crippen LogP contribution in [0.5, 0.6) is 0 Å². The average Bonchev–Trinajstić information content (AvgIpc) is 2.48. The Labute approximate surface area is 129 Å². The third-order valence-corrected chi connectivity index (χ3v) is 4.19. The van der Waals surface area contributed by atoms with Gasteiger partial charge in [0.2, 0.25) is 5.91 Å². The summed E-state index contributed by atoms with van der Waals surface area (Å²) in [4.78, 5) is 13.2. The minimum atomic E-state index is 0.0392. The van der Waals surface area contributed by atoms with Crippen molar-refractivity contribution < 1.29 is 4.79 Å². The summed E-state index contributed by atoms with van der Waals surface area (Å²) in [6.07, 6.45) is 1.38. The second-order valence-electron chi connectivity index (χ2n) is 4.89. The van der Waals surface area contributed by atoms with Crippen LogP contribution in [0.4, 0.5) is 11.4 Å². The molecule has 0 atom stereocenters. The largest absolute Gasteiger partial charge is 0.399 e. The molecular formula is C17H20N2OS. The van der Waals surface area contributed by atoms with Crippen molar-refractivity contribution in [1.29, 1.82) is 0 Å². The van der Waals surface area contributed by atoms with E-state index in [0.29, 0.717) is 12.1 Å². The van der Waals surface area contributed by atoms with E-state index < -0.39 is 0 Å². The summed E-state index contributed by atoms with van der Waals surface area (Å²) in [6, 6.07) is 15.8. The Morgan fingerprint density at radius 1 is 1.19 bits per heavy atom. The van der Waals surface area contributed by atoms with Gasteiger partial charge in [-0.25, -0.2) is 0 Å². The van der Waals surface area contributed by atoms with E-state index in [-0.39, 0.29) is 5.91 Å². The van der Waals surface area contributed by atoms with Crippen LogP contribution in [0.3, 0.4) is 0 Å². The maximum absolute atomic E-state index is 11.9. The molecule has 0 bridgehead atoms. The predicted molar refractivity (Wildman–Crippen MR) is 90.6 cm³/mol. The Morgan fingerprint density at radius 3 is 2.71 bits per heavy atom. The number of benzene rings is 2. The molecule has 2 aromatic rings. The number of hydrogen-bond acceptors (Lipinski definition) is 3. The molecular weight excluding hydrogens is 280 g/mol. The molecule has 4 heteroatoms. The summed E-state index contributed by atoms with van der Waals surface area (Å²) in [5, 5.41) is 2.92. The molecule has 0 aliphatic heterocycles. The van der Waals surface area contributed by atoms with Gasteiger partial charge in [-0.2, -0.15) is 0 Å². The quantitative estimate of drug-likeness (QED) is 0.480. The number of hydrogen-bond donors (Lipinski definition) is 2. The van der Waals surface area contributed by atoms with E-state index in [2.05, 4.69) is 17.4 Å². The number of amides is 1. The van der Waals surface area contributed by atoms with Crippen LogP contribution in [0.25, 0.3) is 0 Å². The van der Waals surface area contributed by atoms with Gasteiger partial charge < -0.3 is 11.1 Å². The minimum Gasteiger partial charge on any atom is -0.399 e. The first kappa shape index (κ1) is 15.4. The molecule has 0 aromatic heterocycles. The van der Waals surface area contributed by atoms with Crippen LogP contribution in [0.2, 0.25) is 0 Å². The highest BCUT2D eigenvalue weighted by atomic mass is 32.2. The average molecular weight is 300 g/mol. The van der Waals surface area contributed by atoms with Gasteiger partial charge in [0.15, 0.2) is 0 Å². The second-order valence-corrected chi connectivity index (χ2v) is 6.06. The smallest absolute Gasteiger partial charge is 0.224 e. The van der Waals surface area contributed by atoms with Crippen LogP contribution in [-0.4, -0.2) is 11.7 Å². The normalized spacial score (nSPS) is 10.3. The van der Waals surface area contributed by atoms with E-state index in [1.54, 1.807) is 17.8 Å². The van der Waals surface area contributed by atoms with Gasteiger partial charge in [0, 0.05) is 22.7 Å². The van der Waals surface area contributed by atoms with Gasteiger partial charge in [0.1, 0.15) is 0 Å². The van der Waals surface area contributed by atoms with Crippen LogP contribution >= 0.6 is 11.8 Å². The lowest BCUT2D eigenvalue weighted by atomic mass is 10.1. The molecule has 21 heavy (non-hydrogen) atoms. The monoisotopic (exact) mass is 300 g/mol. The Balaban J connectivity index is 1.74. The zero-order valence-corrected chi connectivity index (χ0v) is 13.0. The number of aryl methyl sites for hydroxylation is 1. The molecule has 110 valence electrons. The first-order valence-corrected chi connectivity index (χ1v) is 7.97. The number of nitrogens with two attached hydrogens (primary N) is 1. The molecule has 2 rings (SSSR count).